The third-order valence-electron chi connectivity index (χ3n) is 2.91. The Balaban J connectivity index is 1.72. The van der Waals surface area contributed by atoms with Crippen molar-refractivity contribution < 1.29 is 19.1 Å². The maximum Gasteiger partial charge on any atom is 0.427 e. The molecule has 2 rings (SSSR count). The molecular weight excluding hydrogens is 308 g/mol. The summed E-state index contributed by atoms with van der Waals surface area (Å²) in [6, 6.07) is 15.8. The van der Waals surface area contributed by atoms with E-state index in [1.807, 2.05) is 30.3 Å². The largest absolute Gasteiger partial charge is 0.497 e. The molecule has 0 saturated heterocycles. The van der Waals surface area contributed by atoms with Crippen LogP contribution < -0.4 is 15.6 Å². The van der Waals surface area contributed by atoms with Crippen LogP contribution in [0, 0.1) is 11.8 Å². The van der Waals surface area contributed by atoms with Gasteiger partial charge in [0.1, 0.15) is 5.75 Å². The molecule has 0 spiro atoms. The third kappa shape index (κ3) is 5.39. The standard InChI is InChI=1S/C18H16N2O4/c1-23-16-11-9-15(10-12-16)17(21)19-20-18(22)24-13-5-8-14-6-3-2-4-7-14/h2-4,6-7,9-12H,13H2,1H3,(H,19,21)(H,20,22). The Labute approximate surface area is 139 Å². The molecular formula is C18H16N2O4. The van der Waals surface area contributed by atoms with Crippen molar-refractivity contribution in [1.29, 1.82) is 0 Å². The summed E-state index contributed by atoms with van der Waals surface area (Å²) in [5.41, 5.74) is 5.59. The van der Waals surface area contributed by atoms with E-state index in [0.29, 0.717) is 11.3 Å². The van der Waals surface area contributed by atoms with Crippen LogP contribution in [-0.4, -0.2) is 25.7 Å². The average Bonchev–Trinajstić information content (AvgIpc) is 2.64. The van der Waals surface area contributed by atoms with Crippen LogP contribution in [0.2, 0.25) is 0 Å². The summed E-state index contributed by atoms with van der Waals surface area (Å²) in [5.74, 6) is 5.72. The van der Waals surface area contributed by atoms with Gasteiger partial charge >= 0.3 is 6.09 Å². The van der Waals surface area contributed by atoms with E-state index in [1.165, 1.54) is 7.11 Å². The van der Waals surface area contributed by atoms with Gasteiger partial charge in [0.2, 0.25) is 0 Å². The lowest BCUT2D eigenvalue weighted by Gasteiger charge is -2.07. The molecule has 0 heterocycles. The van der Waals surface area contributed by atoms with Crippen molar-refractivity contribution >= 4 is 12.0 Å². The smallest absolute Gasteiger partial charge is 0.427 e. The molecule has 6 heteroatoms. The van der Waals surface area contributed by atoms with Crippen molar-refractivity contribution in [3.8, 4) is 17.6 Å². The topological polar surface area (TPSA) is 76.7 Å². The van der Waals surface area contributed by atoms with E-state index in [-0.39, 0.29) is 6.61 Å². The number of ether oxygens (including phenoxy) is 2. The Morgan fingerprint density at radius 1 is 1.00 bits per heavy atom. The quantitative estimate of drug-likeness (QED) is 0.670. The molecule has 0 aliphatic rings. The van der Waals surface area contributed by atoms with Crippen LogP contribution in [0.5, 0.6) is 5.75 Å². The van der Waals surface area contributed by atoms with E-state index in [0.717, 1.165) is 5.56 Å². The van der Waals surface area contributed by atoms with Crippen LogP contribution in [0.3, 0.4) is 0 Å². The molecule has 122 valence electrons. The molecule has 6 nitrogen and oxygen atoms in total. The fourth-order valence-electron chi connectivity index (χ4n) is 1.72. The van der Waals surface area contributed by atoms with Gasteiger partial charge in [-0.1, -0.05) is 30.0 Å². The lowest BCUT2D eigenvalue weighted by Crippen LogP contribution is -2.41. The van der Waals surface area contributed by atoms with Crippen molar-refractivity contribution in [2.45, 2.75) is 0 Å². The van der Waals surface area contributed by atoms with E-state index in [2.05, 4.69) is 22.7 Å². The SMILES string of the molecule is COc1ccc(C(=O)NNC(=O)OCC#Cc2ccccc2)cc1. The number of carbonyl (C=O) groups is 2. The molecule has 2 amide bonds. The Hall–Kier alpha value is -3.46. The van der Waals surface area contributed by atoms with Crippen molar-refractivity contribution in [3.05, 3.63) is 65.7 Å². The maximum atomic E-state index is 11.8. The zero-order valence-electron chi connectivity index (χ0n) is 13.0. The lowest BCUT2D eigenvalue weighted by atomic mass is 10.2. The van der Waals surface area contributed by atoms with Gasteiger partial charge in [0.05, 0.1) is 7.11 Å². The summed E-state index contributed by atoms with van der Waals surface area (Å²) in [6.45, 7) is -0.0842. The van der Waals surface area contributed by atoms with Crippen molar-refractivity contribution in [2.24, 2.45) is 0 Å². The van der Waals surface area contributed by atoms with E-state index < -0.39 is 12.0 Å². The molecule has 2 N–H and O–H groups in total. The Morgan fingerprint density at radius 3 is 2.38 bits per heavy atom. The number of rotatable bonds is 3. The number of hydrogen-bond acceptors (Lipinski definition) is 4. The minimum absolute atomic E-state index is 0.0842. The zero-order chi connectivity index (χ0) is 17.2. The van der Waals surface area contributed by atoms with Gasteiger partial charge in [-0.05, 0) is 36.4 Å². The van der Waals surface area contributed by atoms with Crippen LogP contribution in [0.25, 0.3) is 0 Å². The van der Waals surface area contributed by atoms with E-state index in [9.17, 15) is 9.59 Å². The lowest BCUT2D eigenvalue weighted by molar-refractivity contribution is 0.0916. The summed E-state index contributed by atoms with van der Waals surface area (Å²) in [5, 5.41) is 0. The van der Waals surface area contributed by atoms with Crippen molar-refractivity contribution in [3.63, 3.8) is 0 Å². The molecule has 0 aliphatic carbocycles. The summed E-state index contributed by atoms with van der Waals surface area (Å²) >= 11 is 0. The summed E-state index contributed by atoms with van der Waals surface area (Å²) in [4.78, 5) is 23.3. The highest BCUT2D eigenvalue weighted by Gasteiger charge is 2.07. The van der Waals surface area contributed by atoms with E-state index in [4.69, 9.17) is 9.47 Å². The first-order chi connectivity index (χ1) is 11.7. The Bertz CT molecular complexity index is 746. The fourth-order valence-corrected chi connectivity index (χ4v) is 1.72. The highest BCUT2D eigenvalue weighted by Crippen LogP contribution is 2.10. The molecule has 2 aromatic rings. The predicted molar refractivity (Wildman–Crippen MR) is 88.3 cm³/mol. The first-order valence-electron chi connectivity index (χ1n) is 7.10. The molecule has 0 radical (unpaired) electrons. The second kappa shape index (κ2) is 8.86. The van der Waals surface area contributed by atoms with Gasteiger partial charge in [-0.25, -0.2) is 10.2 Å². The van der Waals surface area contributed by atoms with Crippen LogP contribution in [0.4, 0.5) is 4.79 Å². The number of nitrogens with one attached hydrogen (secondary N) is 2. The third-order valence-corrected chi connectivity index (χ3v) is 2.91. The summed E-state index contributed by atoms with van der Waals surface area (Å²) in [7, 11) is 1.54. The van der Waals surface area contributed by atoms with Gasteiger partial charge in [-0.3, -0.25) is 10.2 Å². The molecule has 24 heavy (non-hydrogen) atoms. The van der Waals surface area contributed by atoms with Gasteiger partial charge in [0, 0.05) is 11.1 Å². The molecule has 0 fully saturated rings. The molecule has 0 aromatic heterocycles. The summed E-state index contributed by atoms with van der Waals surface area (Å²) in [6.07, 6.45) is -0.792. The minimum atomic E-state index is -0.792. The zero-order valence-corrected chi connectivity index (χ0v) is 13.0. The monoisotopic (exact) mass is 324 g/mol. The minimum Gasteiger partial charge on any atom is -0.497 e. The number of hydrazine groups is 1. The first-order valence-corrected chi connectivity index (χ1v) is 7.10. The van der Waals surface area contributed by atoms with Gasteiger partial charge in [0.15, 0.2) is 6.61 Å². The van der Waals surface area contributed by atoms with Crippen LogP contribution in [-0.2, 0) is 4.74 Å². The fraction of sp³-hybridized carbons (Fsp3) is 0.111. The van der Waals surface area contributed by atoms with Crippen molar-refractivity contribution in [2.75, 3.05) is 13.7 Å². The first kappa shape index (κ1) is 16.9. The Morgan fingerprint density at radius 2 is 1.71 bits per heavy atom. The number of amides is 2. The number of methoxy groups -OCH3 is 1. The highest BCUT2D eigenvalue weighted by molar-refractivity contribution is 5.95. The highest BCUT2D eigenvalue weighted by atomic mass is 16.6. The number of carbonyl (C=O) groups excluding carboxylic acids is 2. The molecule has 2 aromatic carbocycles. The Kier molecular flexibility index (Phi) is 6.24. The van der Waals surface area contributed by atoms with Gasteiger partial charge < -0.3 is 9.47 Å². The maximum absolute atomic E-state index is 11.8. The molecule has 0 atom stereocenters. The van der Waals surface area contributed by atoms with Gasteiger partial charge in [-0.2, -0.15) is 0 Å². The number of benzene rings is 2. The predicted octanol–water partition coefficient (Wildman–Crippen LogP) is 2.12. The molecule has 0 aliphatic heterocycles. The average molecular weight is 324 g/mol. The van der Waals surface area contributed by atoms with Crippen LogP contribution in [0.15, 0.2) is 54.6 Å². The van der Waals surface area contributed by atoms with E-state index >= 15 is 0 Å². The molecule has 0 saturated carbocycles. The summed E-state index contributed by atoms with van der Waals surface area (Å²) < 4.78 is 9.83. The van der Waals surface area contributed by atoms with Crippen LogP contribution in [0.1, 0.15) is 15.9 Å². The second-order valence-electron chi connectivity index (χ2n) is 4.55. The van der Waals surface area contributed by atoms with Gasteiger partial charge in [-0.15, -0.1) is 0 Å². The van der Waals surface area contributed by atoms with Crippen LogP contribution >= 0.6 is 0 Å². The molecule has 0 unspecified atom stereocenters. The van der Waals surface area contributed by atoms with Crippen molar-refractivity contribution in [1.82, 2.24) is 10.9 Å². The second-order valence-corrected chi connectivity index (χ2v) is 4.55. The van der Waals surface area contributed by atoms with E-state index in [1.54, 1.807) is 24.3 Å². The molecule has 0 bridgehead atoms. The van der Waals surface area contributed by atoms with Gasteiger partial charge in [0.25, 0.3) is 5.91 Å². The normalized spacial score (nSPS) is 9.21. The number of hydrogen-bond donors (Lipinski definition) is 2.